The molecule has 0 saturated heterocycles. The van der Waals surface area contributed by atoms with Crippen LogP contribution in [0.4, 0.5) is 26.3 Å². The van der Waals surface area contributed by atoms with Crippen LogP contribution in [0.25, 0.3) is 11.1 Å². The van der Waals surface area contributed by atoms with Crippen LogP contribution in [0, 0.1) is 34.9 Å². The minimum absolute atomic E-state index is 0.468. The van der Waals surface area contributed by atoms with Crippen molar-refractivity contribution in [3.05, 3.63) is 52.1 Å². The van der Waals surface area contributed by atoms with Crippen LogP contribution in [0.3, 0.4) is 0 Å². The number of phenols is 1. The topological polar surface area (TPSA) is 20.2 Å². The number of hydrogen-bond acceptors (Lipinski definition) is 1. The summed E-state index contributed by atoms with van der Waals surface area (Å²) >= 11 is 5.36. The molecule has 1 N–H and O–H groups in total. The minimum Gasteiger partial charge on any atom is -0.506 e. The van der Waals surface area contributed by atoms with Crippen LogP contribution in [-0.4, -0.2) is 5.11 Å². The zero-order valence-electron chi connectivity index (χ0n) is 9.25. The standard InChI is InChI=1S/C12H3ClF6O/c13-4-2-5(14)3(1-6(4)20)7-8(15)10(17)12(19)11(18)9(7)16/h1-2,20H. The van der Waals surface area contributed by atoms with Crippen molar-refractivity contribution in [1.82, 2.24) is 0 Å². The smallest absolute Gasteiger partial charge is 0.200 e. The highest BCUT2D eigenvalue weighted by atomic mass is 35.5. The first-order chi connectivity index (χ1) is 9.25. The number of rotatable bonds is 1. The molecule has 0 spiro atoms. The summed E-state index contributed by atoms with van der Waals surface area (Å²) in [5, 5.41) is 8.78. The molecule has 2 rings (SSSR count). The van der Waals surface area contributed by atoms with E-state index in [4.69, 9.17) is 11.6 Å². The Balaban J connectivity index is 2.87. The highest BCUT2D eigenvalue weighted by Crippen LogP contribution is 2.37. The molecule has 0 aliphatic carbocycles. The van der Waals surface area contributed by atoms with Crippen molar-refractivity contribution < 1.29 is 31.4 Å². The molecular weight excluding hydrogens is 310 g/mol. The number of benzene rings is 2. The van der Waals surface area contributed by atoms with E-state index in [9.17, 15) is 31.4 Å². The largest absolute Gasteiger partial charge is 0.506 e. The maximum Gasteiger partial charge on any atom is 0.200 e. The van der Waals surface area contributed by atoms with Gasteiger partial charge in [-0.05, 0) is 12.1 Å². The highest BCUT2D eigenvalue weighted by molar-refractivity contribution is 6.32. The molecule has 0 heterocycles. The van der Waals surface area contributed by atoms with Gasteiger partial charge in [0, 0.05) is 5.56 Å². The summed E-state index contributed by atoms with van der Waals surface area (Å²) in [7, 11) is 0. The van der Waals surface area contributed by atoms with Crippen molar-refractivity contribution >= 4 is 11.6 Å². The van der Waals surface area contributed by atoms with Crippen molar-refractivity contribution in [2.75, 3.05) is 0 Å². The summed E-state index contributed by atoms with van der Waals surface area (Å²) in [5.74, 6) is -13.3. The Morgan fingerprint density at radius 1 is 0.750 bits per heavy atom. The monoisotopic (exact) mass is 312 g/mol. The second kappa shape index (κ2) is 4.90. The fourth-order valence-corrected chi connectivity index (χ4v) is 1.72. The summed E-state index contributed by atoms with van der Waals surface area (Å²) < 4.78 is 79.5. The van der Waals surface area contributed by atoms with Crippen LogP contribution in [0.5, 0.6) is 5.75 Å². The Morgan fingerprint density at radius 2 is 1.20 bits per heavy atom. The van der Waals surface area contributed by atoms with Crippen LogP contribution in [0.1, 0.15) is 0 Å². The van der Waals surface area contributed by atoms with Gasteiger partial charge in [0.15, 0.2) is 23.3 Å². The third-order valence-corrected chi connectivity index (χ3v) is 2.82. The van der Waals surface area contributed by atoms with Gasteiger partial charge in [0.25, 0.3) is 0 Å². The first-order valence-electron chi connectivity index (χ1n) is 4.95. The lowest BCUT2D eigenvalue weighted by atomic mass is 10.0. The second-order valence-electron chi connectivity index (χ2n) is 3.73. The lowest BCUT2D eigenvalue weighted by molar-refractivity contribution is 0.381. The van der Waals surface area contributed by atoms with E-state index in [0.29, 0.717) is 12.1 Å². The van der Waals surface area contributed by atoms with Gasteiger partial charge in [-0.1, -0.05) is 11.6 Å². The fourth-order valence-electron chi connectivity index (χ4n) is 1.57. The van der Waals surface area contributed by atoms with Gasteiger partial charge in [0.05, 0.1) is 10.6 Å². The molecule has 0 bridgehead atoms. The second-order valence-corrected chi connectivity index (χ2v) is 4.14. The van der Waals surface area contributed by atoms with Gasteiger partial charge in [-0.15, -0.1) is 0 Å². The van der Waals surface area contributed by atoms with Crippen molar-refractivity contribution in [2.24, 2.45) is 0 Å². The van der Waals surface area contributed by atoms with Gasteiger partial charge in [-0.25, -0.2) is 26.3 Å². The fraction of sp³-hybridized carbons (Fsp3) is 0. The lowest BCUT2D eigenvalue weighted by Gasteiger charge is -2.10. The van der Waals surface area contributed by atoms with E-state index >= 15 is 0 Å². The molecule has 8 heteroatoms. The maximum absolute atomic E-state index is 13.6. The molecule has 0 aliphatic heterocycles. The maximum atomic E-state index is 13.6. The molecule has 20 heavy (non-hydrogen) atoms. The Hall–Kier alpha value is -1.89. The predicted molar refractivity (Wildman–Crippen MR) is 58.3 cm³/mol. The van der Waals surface area contributed by atoms with E-state index in [1.165, 1.54) is 0 Å². The molecule has 2 aromatic carbocycles. The van der Waals surface area contributed by atoms with Gasteiger partial charge in [-0.2, -0.15) is 0 Å². The highest BCUT2D eigenvalue weighted by Gasteiger charge is 2.28. The normalized spacial score (nSPS) is 10.9. The van der Waals surface area contributed by atoms with E-state index in [1.807, 2.05) is 0 Å². The molecule has 0 amide bonds. The summed E-state index contributed by atoms with van der Waals surface area (Å²) in [6, 6.07) is 0.959. The quantitative estimate of drug-likeness (QED) is 0.465. The van der Waals surface area contributed by atoms with Crippen LogP contribution >= 0.6 is 11.6 Å². The van der Waals surface area contributed by atoms with Gasteiger partial charge >= 0.3 is 0 Å². The van der Waals surface area contributed by atoms with Crippen LogP contribution < -0.4 is 0 Å². The summed E-state index contributed by atoms with van der Waals surface area (Å²) in [6.07, 6.45) is 0. The number of halogens is 7. The molecule has 0 aliphatic rings. The number of aromatic hydroxyl groups is 1. The number of phenolic OH excluding ortho intramolecular Hbond substituents is 1. The Morgan fingerprint density at radius 3 is 1.70 bits per heavy atom. The zero-order valence-corrected chi connectivity index (χ0v) is 10.0. The summed E-state index contributed by atoms with van der Waals surface area (Å²) in [6.45, 7) is 0. The molecular formula is C12H3ClF6O. The van der Waals surface area contributed by atoms with E-state index in [0.717, 1.165) is 0 Å². The Kier molecular flexibility index (Phi) is 3.56. The van der Waals surface area contributed by atoms with E-state index in [2.05, 4.69) is 0 Å². The van der Waals surface area contributed by atoms with Crippen molar-refractivity contribution in [1.29, 1.82) is 0 Å². The summed E-state index contributed by atoms with van der Waals surface area (Å²) in [5.41, 5.74) is -2.48. The number of hydrogen-bond donors (Lipinski definition) is 1. The molecule has 0 aromatic heterocycles. The van der Waals surface area contributed by atoms with Crippen molar-refractivity contribution in [3.8, 4) is 16.9 Å². The van der Waals surface area contributed by atoms with E-state index in [-0.39, 0.29) is 0 Å². The van der Waals surface area contributed by atoms with E-state index < -0.39 is 56.8 Å². The molecule has 0 saturated carbocycles. The lowest BCUT2D eigenvalue weighted by Crippen LogP contribution is -2.05. The molecule has 0 radical (unpaired) electrons. The first-order valence-corrected chi connectivity index (χ1v) is 5.33. The molecule has 106 valence electrons. The van der Waals surface area contributed by atoms with Gasteiger partial charge in [0.2, 0.25) is 5.82 Å². The summed E-state index contributed by atoms with van der Waals surface area (Å²) in [4.78, 5) is 0. The zero-order chi connectivity index (χ0) is 15.2. The Labute approximate surface area is 113 Å². The van der Waals surface area contributed by atoms with Crippen LogP contribution in [0.15, 0.2) is 12.1 Å². The van der Waals surface area contributed by atoms with Crippen molar-refractivity contribution in [3.63, 3.8) is 0 Å². The average molecular weight is 313 g/mol. The third-order valence-electron chi connectivity index (χ3n) is 2.52. The SMILES string of the molecule is Oc1cc(-c2c(F)c(F)c(F)c(F)c2F)c(F)cc1Cl. The molecule has 0 fully saturated rings. The minimum atomic E-state index is -2.36. The van der Waals surface area contributed by atoms with E-state index in [1.54, 1.807) is 0 Å². The molecule has 2 aromatic rings. The molecule has 1 nitrogen and oxygen atoms in total. The first kappa shape index (κ1) is 14.5. The third kappa shape index (κ3) is 2.07. The van der Waals surface area contributed by atoms with Crippen LogP contribution in [0.2, 0.25) is 5.02 Å². The predicted octanol–water partition coefficient (Wildman–Crippen LogP) is 4.55. The van der Waals surface area contributed by atoms with Gasteiger partial charge in [0.1, 0.15) is 11.6 Å². The average Bonchev–Trinajstić information content (AvgIpc) is 2.40. The van der Waals surface area contributed by atoms with Crippen LogP contribution in [-0.2, 0) is 0 Å². The van der Waals surface area contributed by atoms with Gasteiger partial charge < -0.3 is 5.11 Å². The Bertz CT molecular complexity index is 687. The molecule has 0 unspecified atom stereocenters. The van der Waals surface area contributed by atoms with Crippen molar-refractivity contribution in [2.45, 2.75) is 0 Å². The molecule has 0 atom stereocenters. The van der Waals surface area contributed by atoms with Gasteiger partial charge in [-0.3, -0.25) is 0 Å².